The predicted octanol–water partition coefficient (Wildman–Crippen LogP) is 11.7. The highest BCUT2D eigenvalue weighted by atomic mass is 31.2. The lowest BCUT2D eigenvalue weighted by atomic mass is 10.2. The van der Waals surface area contributed by atoms with Gasteiger partial charge in [-0.2, -0.15) is 0 Å². The van der Waals surface area contributed by atoms with Gasteiger partial charge in [0.1, 0.15) is 12.7 Å². The van der Waals surface area contributed by atoms with Crippen LogP contribution in [0.25, 0.3) is 0 Å². The van der Waals surface area contributed by atoms with Gasteiger partial charge in [-0.1, -0.05) is 148 Å². The average Bonchev–Trinajstić information content (AvgIpc) is 3.24. The fraction of sp³-hybridized carbons (Fsp3) is 0.542. The maximum Gasteiger partial charge on any atom is 0.472 e. The molecule has 0 aliphatic heterocycles. The number of phosphoric ester groups is 2. The van der Waals surface area contributed by atoms with Gasteiger partial charge in [-0.3, -0.25) is 23.2 Å². The number of ether oxygens (including phenoxy) is 2. The first-order valence-electron chi connectivity index (χ1n) is 22.2. The SMILES string of the molecule is CC/C=C\C/C=C\C/C=C\C/C=C\C/C=C\C/C=C\CCC(=O)O[C@H](COC(=O)CCC/C=C\C/C=C\C/C=C\C/C=C\CCCCC)COP(=O)(O)OC[C@@H](O)COP(=O)(O)O. The zero-order valence-corrected chi connectivity index (χ0v) is 39.4. The molecular weight excluding hydrogens is 846 g/mol. The lowest BCUT2D eigenvalue weighted by molar-refractivity contribution is -0.161. The Labute approximate surface area is 377 Å². The van der Waals surface area contributed by atoms with Crippen LogP contribution in [-0.4, -0.2) is 70.4 Å². The second-order valence-corrected chi connectivity index (χ2v) is 16.9. The third kappa shape index (κ3) is 46.3. The molecule has 0 aliphatic carbocycles. The Morgan fingerprint density at radius 3 is 1.35 bits per heavy atom. The Morgan fingerprint density at radius 2 is 0.889 bits per heavy atom. The van der Waals surface area contributed by atoms with E-state index in [1.165, 1.54) is 19.3 Å². The minimum Gasteiger partial charge on any atom is -0.462 e. The molecule has 0 heterocycles. The van der Waals surface area contributed by atoms with Gasteiger partial charge in [-0.15, -0.1) is 0 Å². The van der Waals surface area contributed by atoms with Crippen molar-refractivity contribution in [3.05, 3.63) is 122 Å². The smallest absolute Gasteiger partial charge is 0.462 e. The molecule has 0 aromatic rings. The van der Waals surface area contributed by atoms with E-state index in [1.54, 1.807) is 0 Å². The van der Waals surface area contributed by atoms with Crippen molar-refractivity contribution in [1.82, 2.24) is 0 Å². The van der Waals surface area contributed by atoms with Crippen LogP contribution in [-0.2, 0) is 41.8 Å². The van der Waals surface area contributed by atoms with Crippen LogP contribution in [0.2, 0.25) is 0 Å². The van der Waals surface area contributed by atoms with Crippen LogP contribution >= 0.6 is 15.6 Å². The Bertz CT molecular complexity index is 1570. The molecule has 15 heteroatoms. The number of hydrogen-bond acceptors (Lipinski definition) is 10. The number of carbonyl (C=O) groups excluding carboxylic acids is 2. The van der Waals surface area contributed by atoms with Crippen LogP contribution in [0.5, 0.6) is 0 Å². The van der Waals surface area contributed by atoms with Crippen LogP contribution < -0.4 is 0 Å². The molecule has 13 nitrogen and oxygen atoms in total. The zero-order chi connectivity index (χ0) is 46.5. The predicted molar refractivity (Wildman–Crippen MR) is 252 cm³/mol. The highest BCUT2D eigenvalue weighted by molar-refractivity contribution is 7.47. The van der Waals surface area contributed by atoms with Crippen molar-refractivity contribution in [2.75, 3.05) is 26.4 Å². The van der Waals surface area contributed by atoms with E-state index in [9.17, 15) is 28.7 Å². The molecule has 0 saturated heterocycles. The Hall–Kier alpha value is -3.48. The van der Waals surface area contributed by atoms with Gasteiger partial charge in [0.05, 0.1) is 19.8 Å². The number of unbranched alkanes of at least 4 members (excludes halogenated alkanes) is 4. The van der Waals surface area contributed by atoms with Crippen molar-refractivity contribution in [2.45, 2.75) is 142 Å². The summed E-state index contributed by atoms with van der Waals surface area (Å²) in [6.07, 6.45) is 53.5. The minimum atomic E-state index is -4.88. The fourth-order valence-corrected chi connectivity index (χ4v) is 6.17. The molecule has 63 heavy (non-hydrogen) atoms. The monoisotopic (exact) mass is 922 g/mol. The van der Waals surface area contributed by atoms with E-state index in [-0.39, 0.29) is 12.8 Å². The van der Waals surface area contributed by atoms with Gasteiger partial charge in [0, 0.05) is 12.8 Å². The highest BCUT2D eigenvalue weighted by Crippen LogP contribution is 2.43. The third-order valence-corrected chi connectivity index (χ3v) is 9.77. The molecule has 0 radical (unpaired) electrons. The highest BCUT2D eigenvalue weighted by Gasteiger charge is 2.28. The van der Waals surface area contributed by atoms with Crippen molar-refractivity contribution in [3.8, 4) is 0 Å². The molecule has 0 fully saturated rings. The maximum atomic E-state index is 12.6. The molecule has 0 saturated carbocycles. The topological polar surface area (TPSA) is 195 Å². The lowest BCUT2D eigenvalue weighted by Crippen LogP contribution is -2.29. The standard InChI is InChI=1S/C48H76O13P2/c1-3-5-7-9-11-13-15-17-19-21-22-24-26-28-30-32-34-36-38-40-48(51)61-46(44-60-63(55,56)59-42-45(49)41-58-62(52,53)54)43-57-47(50)39-37-35-33-31-29-27-25-23-20-18-16-14-12-10-8-6-4-2/h5,7,11-14,17-20,22,24-25,27-28,30-31,33-34,36,45-46,49H,3-4,6,8-10,15-16,21,23,26,29,32,35,37-44H2,1-2H3,(H,55,56)(H2,52,53,54)/b7-5-,13-11-,14-12-,19-17-,20-18-,24-22-,27-25-,30-28-,33-31-,36-34-/t45-,46+/m0/s1. The number of aliphatic hydroxyl groups is 1. The Morgan fingerprint density at radius 1 is 0.476 bits per heavy atom. The van der Waals surface area contributed by atoms with Gasteiger partial charge in [0.15, 0.2) is 6.10 Å². The van der Waals surface area contributed by atoms with E-state index in [1.807, 2.05) is 30.4 Å². The number of hydrogen-bond donors (Lipinski definition) is 4. The van der Waals surface area contributed by atoms with Crippen molar-refractivity contribution >= 4 is 27.6 Å². The summed E-state index contributed by atoms with van der Waals surface area (Å²) >= 11 is 0. The summed E-state index contributed by atoms with van der Waals surface area (Å²) in [5.41, 5.74) is 0. The largest absolute Gasteiger partial charge is 0.472 e. The van der Waals surface area contributed by atoms with Crippen molar-refractivity contribution in [2.24, 2.45) is 0 Å². The van der Waals surface area contributed by atoms with Crippen LogP contribution in [0.1, 0.15) is 129 Å². The first kappa shape index (κ1) is 59.5. The molecular formula is C48H76O13P2. The van der Waals surface area contributed by atoms with E-state index in [2.05, 4.69) is 114 Å². The first-order chi connectivity index (χ1) is 30.4. The van der Waals surface area contributed by atoms with Gasteiger partial charge in [-0.25, -0.2) is 9.13 Å². The Kier molecular flexibility index (Phi) is 40.1. The second kappa shape index (κ2) is 42.5. The zero-order valence-electron chi connectivity index (χ0n) is 37.6. The molecule has 3 atom stereocenters. The molecule has 0 spiro atoms. The summed E-state index contributed by atoms with van der Waals surface area (Å²) < 4.78 is 47.6. The number of phosphoric acid groups is 2. The summed E-state index contributed by atoms with van der Waals surface area (Å²) in [5.74, 6) is -1.21. The van der Waals surface area contributed by atoms with E-state index >= 15 is 0 Å². The van der Waals surface area contributed by atoms with Gasteiger partial charge < -0.3 is 29.3 Å². The molecule has 0 rings (SSSR count). The van der Waals surface area contributed by atoms with Crippen LogP contribution in [0, 0.1) is 0 Å². The molecule has 0 aromatic heterocycles. The van der Waals surface area contributed by atoms with Gasteiger partial charge in [-0.05, 0) is 89.9 Å². The van der Waals surface area contributed by atoms with Crippen molar-refractivity contribution in [3.63, 3.8) is 0 Å². The minimum absolute atomic E-state index is 0.0132. The second-order valence-electron chi connectivity index (χ2n) is 14.2. The van der Waals surface area contributed by atoms with E-state index in [4.69, 9.17) is 23.8 Å². The van der Waals surface area contributed by atoms with Crippen LogP contribution in [0.4, 0.5) is 0 Å². The maximum absolute atomic E-state index is 12.6. The molecule has 0 bridgehead atoms. The van der Waals surface area contributed by atoms with Crippen molar-refractivity contribution in [1.29, 1.82) is 0 Å². The quantitative estimate of drug-likeness (QED) is 0.0196. The van der Waals surface area contributed by atoms with E-state index in [0.717, 1.165) is 57.8 Å². The van der Waals surface area contributed by atoms with Crippen LogP contribution in [0.15, 0.2) is 122 Å². The average molecular weight is 923 g/mol. The van der Waals surface area contributed by atoms with Gasteiger partial charge in [0.2, 0.25) is 0 Å². The lowest BCUT2D eigenvalue weighted by Gasteiger charge is -2.20. The van der Waals surface area contributed by atoms with E-state index in [0.29, 0.717) is 25.7 Å². The summed E-state index contributed by atoms with van der Waals surface area (Å²) in [6.45, 7) is 1.45. The molecule has 0 aromatic carbocycles. The molecule has 0 amide bonds. The summed E-state index contributed by atoms with van der Waals surface area (Å²) in [5, 5.41) is 9.75. The first-order valence-corrected chi connectivity index (χ1v) is 25.3. The van der Waals surface area contributed by atoms with Crippen molar-refractivity contribution < 1.29 is 61.6 Å². The van der Waals surface area contributed by atoms with Crippen LogP contribution in [0.3, 0.4) is 0 Å². The Balaban J connectivity index is 4.75. The number of aliphatic hydroxyl groups excluding tert-OH is 1. The number of carbonyl (C=O) groups is 2. The van der Waals surface area contributed by atoms with Gasteiger partial charge >= 0.3 is 27.6 Å². The summed E-state index contributed by atoms with van der Waals surface area (Å²) in [7, 11) is -9.73. The molecule has 4 N–H and O–H groups in total. The van der Waals surface area contributed by atoms with E-state index < -0.39 is 66.2 Å². The van der Waals surface area contributed by atoms with Gasteiger partial charge in [0.25, 0.3) is 0 Å². The number of esters is 2. The number of rotatable bonds is 40. The normalized spacial score (nSPS) is 15.1. The molecule has 0 aliphatic rings. The summed E-state index contributed by atoms with van der Waals surface area (Å²) in [6, 6.07) is 0. The number of allylic oxidation sites excluding steroid dienone is 20. The molecule has 1 unspecified atom stereocenters. The fourth-order valence-electron chi connectivity index (χ4n) is 5.01. The molecule has 356 valence electrons. The third-order valence-electron chi connectivity index (χ3n) is 8.34. The summed E-state index contributed by atoms with van der Waals surface area (Å²) in [4.78, 5) is 52.7.